The fourth-order valence-corrected chi connectivity index (χ4v) is 3.00. The Labute approximate surface area is 148 Å². The molecule has 2 rings (SSSR count). The van der Waals surface area contributed by atoms with Gasteiger partial charge >= 0.3 is 5.88 Å². The van der Waals surface area contributed by atoms with Crippen LogP contribution in [0.15, 0.2) is 15.7 Å². The van der Waals surface area contributed by atoms with Crippen LogP contribution in [0.25, 0.3) is 0 Å². The zero-order valence-electron chi connectivity index (χ0n) is 13.9. The van der Waals surface area contributed by atoms with Gasteiger partial charge in [-0.1, -0.05) is 30.3 Å². The Hall–Kier alpha value is -3.11. The van der Waals surface area contributed by atoms with Crippen molar-refractivity contribution in [3.05, 3.63) is 22.9 Å². The van der Waals surface area contributed by atoms with Crippen molar-refractivity contribution < 1.29 is 14.0 Å². The van der Waals surface area contributed by atoms with Gasteiger partial charge in [0.05, 0.1) is 16.9 Å². The third-order valence-corrected chi connectivity index (χ3v) is 4.18. The number of hydrogen-bond acceptors (Lipinski definition) is 8. The minimum absolute atomic E-state index is 0.00499. The summed E-state index contributed by atoms with van der Waals surface area (Å²) in [7, 11) is 1.66. The van der Waals surface area contributed by atoms with E-state index in [1.165, 1.54) is 10.9 Å². The van der Waals surface area contributed by atoms with E-state index in [1.54, 1.807) is 7.05 Å². The van der Waals surface area contributed by atoms with E-state index in [2.05, 4.69) is 21.6 Å². The second kappa shape index (κ2) is 7.64. The summed E-state index contributed by atoms with van der Waals surface area (Å²) >= 11 is 1.07. The summed E-state index contributed by atoms with van der Waals surface area (Å²) in [6, 6.07) is 4.07. The molecule has 0 spiro atoms. The Bertz CT molecular complexity index is 893. The van der Waals surface area contributed by atoms with E-state index < -0.39 is 0 Å². The number of aromatic nitrogens is 3. The van der Waals surface area contributed by atoms with Gasteiger partial charge in [-0.2, -0.15) is 10.5 Å². The molecule has 2 heterocycles. The molecule has 0 aliphatic carbocycles. The fourth-order valence-electron chi connectivity index (χ4n) is 2.19. The molecule has 0 aromatic carbocycles. The van der Waals surface area contributed by atoms with E-state index in [-0.39, 0.29) is 40.4 Å². The molecule has 0 aliphatic rings. The molecule has 10 heteroatoms. The Morgan fingerprint density at radius 1 is 1.44 bits per heavy atom. The zero-order valence-corrected chi connectivity index (χ0v) is 14.7. The van der Waals surface area contributed by atoms with E-state index in [0.717, 1.165) is 11.8 Å². The molecule has 25 heavy (non-hydrogen) atoms. The summed E-state index contributed by atoms with van der Waals surface area (Å²) in [5.74, 6) is -0.174. The van der Waals surface area contributed by atoms with Gasteiger partial charge < -0.3 is 5.73 Å². The third kappa shape index (κ3) is 4.05. The summed E-state index contributed by atoms with van der Waals surface area (Å²) in [5.41, 5.74) is 6.86. The van der Waals surface area contributed by atoms with Gasteiger partial charge in [0.2, 0.25) is 5.91 Å². The third-order valence-electron chi connectivity index (χ3n) is 3.21. The van der Waals surface area contributed by atoms with Crippen LogP contribution < -0.4 is 15.7 Å². The van der Waals surface area contributed by atoms with E-state index in [0.29, 0.717) is 10.6 Å². The van der Waals surface area contributed by atoms with Gasteiger partial charge in [-0.25, -0.2) is 4.98 Å². The molecule has 0 fully saturated rings. The lowest BCUT2D eigenvalue weighted by Crippen LogP contribution is -2.28. The molecule has 2 aromatic rings. The topological polar surface area (TPSA) is 146 Å². The van der Waals surface area contributed by atoms with Crippen molar-refractivity contribution in [1.82, 2.24) is 10.3 Å². The number of nitrogen functional groups attached to an aromatic ring is 1. The van der Waals surface area contributed by atoms with Gasteiger partial charge in [0.1, 0.15) is 23.0 Å². The molecule has 0 unspecified atom stereocenters. The van der Waals surface area contributed by atoms with Crippen molar-refractivity contribution in [2.24, 2.45) is 7.05 Å². The summed E-state index contributed by atoms with van der Waals surface area (Å²) in [5, 5.41) is 25.2. The molecule has 0 atom stereocenters. The molecule has 3 N–H and O–H groups in total. The van der Waals surface area contributed by atoms with Crippen molar-refractivity contribution in [3.63, 3.8) is 0 Å². The van der Waals surface area contributed by atoms with Crippen LogP contribution in [0.4, 0.5) is 11.7 Å². The molecule has 0 saturated carbocycles. The van der Waals surface area contributed by atoms with E-state index in [9.17, 15) is 15.3 Å². The molecule has 0 bridgehead atoms. The number of nitrogens with zero attached hydrogens (tertiary/aromatic N) is 5. The average molecular weight is 358 g/mol. The van der Waals surface area contributed by atoms with Crippen LogP contribution in [0.5, 0.6) is 0 Å². The van der Waals surface area contributed by atoms with Crippen LogP contribution in [0.3, 0.4) is 0 Å². The van der Waals surface area contributed by atoms with Gasteiger partial charge in [-0.3, -0.25) is 14.6 Å². The largest absolute Gasteiger partial charge is 0.383 e. The van der Waals surface area contributed by atoms with Crippen molar-refractivity contribution in [1.29, 1.82) is 10.5 Å². The maximum atomic E-state index is 12.0. The molecule has 2 aromatic heterocycles. The zero-order chi connectivity index (χ0) is 18.6. The Kier molecular flexibility index (Phi) is 5.57. The Balaban J connectivity index is 2.23. The lowest BCUT2D eigenvalue weighted by molar-refractivity contribution is -0.739. The van der Waals surface area contributed by atoms with Crippen LogP contribution in [-0.2, 0) is 11.8 Å². The SMILES string of the molecule is CC(C)c1c(C#N)c(N)nc(SCC(=O)Nc2c[n+](C)no2)c1C#N. The number of aryl methyl sites for hydroxylation is 1. The van der Waals surface area contributed by atoms with Crippen LogP contribution in [0.1, 0.15) is 36.5 Å². The summed E-state index contributed by atoms with van der Waals surface area (Å²) in [4.78, 5) is 16.1. The van der Waals surface area contributed by atoms with Crippen LogP contribution in [-0.4, -0.2) is 21.9 Å². The number of hydrogen-bond donors (Lipinski definition) is 2. The van der Waals surface area contributed by atoms with Gasteiger partial charge in [0.25, 0.3) is 6.20 Å². The minimum atomic E-state index is -0.346. The highest BCUT2D eigenvalue weighted by Gasteiger charge is 2.22. The number of carbonyl (C=O) groups is 1. The normalized spacial score (nSPS) is 10.3. The number of pyridine rings is 1. The first kappa shape index (κ1) is 18.2. The summed E-state index contributed by atoms with van der Waals surface area (Å²) in [6.07, 6.45) is 1.51. The van der Waals surface area contributed by atoms with Crippen LogP contribution in [0, 0.1) is 22.7 Å². The van der Waals surface area contributed by atoms with Crippen LogP contribution >= 0.6 is 11.8 Å². The molecule has 9 nitrogen and oxygen atoms in total. The quantitative estimate of drug-likeness (QED) is 0.596. The monoisotopic (exact) mass is 358 g/mol. The minimum Gasteiger partial charge on any atom is -0.383 e. The van der Waals surface area contributed by atoms with Gasteiger partial charge in [0, 0.05) is 0 Å². The van der Waals surface area contributed by atoms with Crippen molar-refractivity contribution >= 4 is 29.4 Å². The van der Waals surface area contributed by atoms with Crippen molar-refractivity contribution in [2.45, 2.75) is 24.8 Å². The number of amides is 1. The highest BCUT2D eigenvalue weighted by Crippen LogP contribution is 2.32. The lowest BCUT2D eigenvalue weighted by atomic mass is 9.94. The van der Waals surface area contributed by atoms with E-state index in [4.69, 9.17) is 10.3 Å². The highest BCUT2D eigenvalue weighted by molar-refractivity contribution is 8.00. The smallest absolute Gasteiger partial charge is 0.302 e. The first-order chi connectivity index (χ1) is 11.9. The maximum absolute atomic E-state index is 12.0. The standard InChI is InChI=1S/C15H15N7O2S/c1-8(2)13-9(4-16)14(18)20-15(10(13)5-17)25-7-11(23)19-12-6-22(3)21-24-12/h6,8H,7H2,1-3H3,(H2-,18,19,20,21,23)/p+1. The molecular formula is C15H16N7O2S+. The molecule has 128 valence electrons. The average Bonchev–Trinajstić information content (AvgIpc) is 2.96. The number of nitrogens with two attached hydrogens (primary N) is 1. The molecular weight excluding hydrogens is 342 g/mol. The second-order valence-corrected chi connectivity index (χ2v) is 6.39. The van der Waals surface area contributed by atoms with Gasteiger partial charge in [-0.15, -0.1) is 0 Å². The number of rotatable bonds is 5. The van der Waals surface area contributed by atoms with Crippen molar-refractivity contribution in [3.8, 4) is 12.1 Å². The Morgan fingerprint density at radius 3 is 2.64 bits per heavy atom. The predicted octanol–water partition coefficient (Wildman–Crippen LogP) is 1.07. The number of thioether (sulfide) groups is 1. The first-order valence-corrected chi connectivity index (χ1v) is 8.24. The molecule has 0 saturated heterocycles. The summed E-state index contributed by atoms with van der Waals surface area (Å²) in [6.45, 7) is 3.73. The molecule has 1 amide bonds. The van der Waals surface area contributed by atoms with E-state index in [1.807, 2.05) is 19.9 Å². The number of nitrogens with one attached hydrogen (secondary N) is 1. The highest BCUT2D eigenvalue weighted by atomic mass is 32.2. The van der Waals surface area contributed by atoms with Crippen LogP contribution in [0.2, 0.25) is 0 Å². The lowest BCUT2D eigenvalue weighted by Gasteiger charge is -2.14. The number of carbonyl (C=O) groups excluding carboxylic acids is 1. The molecule has 0 radical (unpaired) electrons. The summed E-state index contributed by atoms with van der Waals surface area (Å²) < 4.78 is 6.29. The fraction of sp³-hybridized carbons (Fsp3) is 0.333. The maximum Gasteiger partial charge on any atom is 0.302 e. The Morgan fingerprint density at radius 2 is 2.12 bits per heavy atom. The van der Waals surface area contributed by atoms with Crippen molar-refractivity contribution in [2.75, 3.05) is 16.8 Å². The van der Waals surface area contributed by atoms with Gasteiger partial charge in [-0.05, 0) is 11.5 Å². The number of nitriles is 2. The number of anilines is 2. The first-order valence-electron chi connectivity index (χ1n) is 7.26. The van der Waals surface area contributed by atoms with Gasteiger partial charge in [0.15, 0.2) is 12.3 Å². The van der Waals surface area contributed by atoms with E-state index >= 15 is 0 Å². The second-order valence-electron chi connectivity index (χ2n) is 5.42. The predicted molar refractivity (Wildman–Crippen MR) is 89.2 cm³/mol. The molecule has 0 aliphatic heterocycles.